The molecule has 0 aromatic rings. The first-order chi connectivity index (χ1) is 14.3. The summed E-state index contributed by atoms with van der Waals surface area (Å²) in [6.07, 6.45) is 8.17. The van der Waals surface area contributed by atoms with Gasteiger partial charge < -0.3 is 21.3 Å². The van der Waals surface area contributed by atoms with Crippen LogP contribution in [-0.4, -0.2) is 78.2 Å². The van der Waals surface area contributed by atoms with Crippen LogP contribution in [0.25, 0.3) is 0 Å². The third kappa shape index (κ3) is 5.19. The van der Waals surface area contributed by atoms with Crippen molar-refractivity contribution >= 4 is 23.6 Å². The number of hydrogen-bond acceptors (Lipinski definition) is 5. The van der Waals surface area contributed by atoms with E-state index >= 15 is 0 Å². The summed E-state index contributed by atoms with van der Waals surface area (Å²) < 4.78 is 0. The number of nitrogens with one attached hydrogen (secondary N) is 2. The number of nitrogens with zero attached hydrogens (tertiary/aromatic N) is 2. The molecule has 0 radical (unpaired) electrons. The summed E-state index contributed by atoms with van der Waals surface area (Å²) in [7, 11) is 0. The van der Waals surface area contributed by atoms with E-state index in [1.165, 1.54) is 0 Å². The molecular weight excluding hydrogens is 386 g/mol. The average Bonchev–Trinajstić information content (AvgIpc) is 2.70. The molecule has 166 valence electrons. The standard InChI is InChI=1S/C21H33N5O4/c1-15(27)26-10-4-5-16-17(26)6-2-3-7-21(20(30)23-13-19(29)24-16)8-11-25(12-9-21)14-18(22)28/h2-3,16-17H,4-14H2,1H3,(H2,22,28)(H,23,30)(H,24,29)/b3-2+/t16-,17-/m1/s1. The molecule has 0 bridgehead atoms. The maximum Gasteiger partial charge on any atom is 0.239 e. The zero-order valence-corrected chi connectivity index (χ0v) is 17.7. The molecule has 3 aliphatic heterocycles. The lowest BCUT2D eigenvalue weighted by atomic mass is 9.74. The van der Waals surface area contributed by atoms with Gasteiger partial charge in [0.2, 0.25) is 23.6 Å². The first-order valence-corrected chi connectivity index (χ1v) is 10.8. The third-order valence-corrected chi connectivity index (χ3v) is 6.67. The molecule has 2 fully saturated rings. The Morgan fingerprint density at radius 1 is 1.20 bits per heavy atom. The van der Waals surface area contributed by atoms with Crippen LogP contribution in [0.1, 0.15) is 45.4 Å². The van der Waals surface area contributed by atoms with Crippen molar-refractivity contribution in [3.8, 4) is 0 Å². The molecule has 0 unspecified atom stereocenters. The maximum atomic E-state index is 13.0. The van der Waals surface area contributed by atoms with Crippen molar-refractivity contribution in [3.63, 3.8) is 0 Å². The third-order valence-electron chi connectivity index (χ3n) is 6.67. The number of carbonyl (C=O) groups excluding carboxylic acids is 4. The van der Waals surface area contributed by atoms with Crippen LogP contribution in [0.3, 0.4) is 0 Å². The minimum atomic E-state index is -0.601. The van der Waals surface area contributed by atoms with Crippen LogP contribution in [-0.2, 0) is 19.2 Å². The topological polar surface area (TPSA) is 125 Å². The van der Waals surface area contributed by atoms with Crippen molar-refractivity contribution in [2.45, 2.75) is 57.5 Å². The second-order valence-corrected chi connectivity index (χ2v) is 8.71. The van der Waals surface area contributed by atoms with E-state index in [1.54, 1.807) is 6.92 Å². The van der Waals surface area contributed by atoms with Gasteiger partial charge >= 0.3 is 0 Å². The fourth-order valence-electron chi connectivity index (χ4n) is 4.94. The molecule has 1 spiro atoms. The summed E-state index contributed by atoms with van der Waals surface area (Å²) in [5.41, 5.74) is 4.69. The highest BCUT2D eigenvalue weighted by atomic mass is 16.2. The summed E-state index contributed by atoms with van der Waals surface area (Å²) in [4.78, 5) is 52.6. The molecule has 30 heavy (non-hydrogen) atoms. The first kappa shape index (κ1) is 22.3. The minimum Gasteiger partial charge on any atom is -0.369 e. The van der Waals surface area contributed by atoms with Crippen molar-refractivity contribution < 1.29 is 19.2 Å². The second kappa shape index (κ2) is 9.59. The van der Waals surface area contributed by atoms with Crippen LogP contribution in [0.5, 0.6) is 0 Å². The molecular formula is C21H33N5O4. The summed E-state index contributed by atoms with van der Waals surface area (Å²) in [5.74, 6) is -0.699. The van der Waals surface area contributed by atoms with Crippen molar-refractivity contribution in [1.82, 2.24) is 20.4 Å². The molecule has 9 heteroatoms. The summed E-state index contributed by atoms with van der Waals surface area (Å²) in [6.45, 7) is 3.62. The van der Waals surface area contributed by atoms with E-state index in [2.05, 4.69) is 10.6 Å². The van der Waals surface area contributed by atoms with Crippen molar-refractivity contribution in [2.75, 3.05) is 32.7 Å². The molecule has 0 saturated carbocycles. The lowest BCUT2D eigenvalue weighted by Crippen LogP contribution is -2.58. The molecule has 0 aliphatic carbocycles. The second-order valence-electron chi connectivity index (χ2n) is 8.71. The normalized spacial score (nSPS) is 29.0. The Morgan fingerprint density at radius 3 is 2.60 bits per heavy atom. The summed E-state index contributed by atoms with van der Waals surface area (Å²) in [5, 5.41) is 5.84. The van der Waals surface area contributed by atoms with E-state index in [1.807, 2.05) is 22.0 Å². The van der Waals surface area contributed by atoms with Crippen molar-refractivity contribution in [2.24, 2.45) is 11.1 Å². The van der Waals surface area contributed by atoms with E-state index in [4.69, 9.17) is 5.73 Å². The number of likely N-dealkylation sites (tertiary alicyclic amines) is 2. The quantitative estimate of drug-likeness (QED) is 0.521. The number of fused-ring (bicyclic) bond motifs is 1. The predicted molar refractivity (Wildman–Crippen MR) is 111 cm³/mol. The van der Waals surface area contributed by atoms with E-state index in [0.29, 0.717) is 45.3 Å². The molecule has 0 aromatic carbocycles. The zero-order valence-electron chi connectivity index (χ0n) is 17.7. The number of hydrogen-bond donors (Lipinski definition) is 3. The van der Waals surface area contributed by atoms with Gasteiger partial charge in [0.05, 0.1) is 24.5 Å². The zero-order chi connectivity index (χ0) is 21.7. The summed E-state index contributed by atoms with van der Waals surface area (Å²) >= 11 is 0. The number of allylic oxidation sites excluding steroid dienone is 1. The Kier molecular flexibility index (Phi) is 7.12. The van der Waals surface area contributed by atoms with Gasteiger partial charge in [-0.15, -0.1) is 0 Å². The van der Waals surface area contributed by atoms with Crippen LogP contribution in [0.2, 0.25) is 0 Å². The van der Waals surface area contributed by atoms with Crippen LogP contribution in [0, 0.1) is 5.41 Å². The number of rotatable bonds is 2. The smallest absolute Gasteiger partial charge is 0.239 e. The Bertz CT molecular complexity index is 714. The van der Waals surface area contributed by atoms with E-state index < -0.39 is 5.41 Å². The molecule has 3 rings (SSSR count). The number of piperidine rings is 2. The van der Waals surface area contributed by atoms with Crippen molar-refractivity contribution in [3.05, 3.63) is 12.2 Å². The summed E-state index contributed by atoms with van der Waals surface area (Å²) in [6, 6.07) is -0.179. The molecule has 3 aliphatic rings. The number of amides is 4. The number of nitrogens with two attached hydrogens (primary N) is 1. The first-order valence-electron chi connectivity index (χ1n) is 10.8. The van der Waals surface area contributed by atoms with Gasteiger partial charge in [0.1, 0.15) is 0 Å². The largest absolute Gasteiger partial charge is 0.369 e. The molecule has 4 N–H and O–H groups in total. The average molecular weight is 420 g/mol. The van der Waals surface area contributed by atoms with E-state index in [9.17, 15) is 19.2 Å². The van der Waals surface area contributed by atoms with Gasteiger partial charge in [-0.25, -0.2) is 0 Å². The van der Waals surface area contributed by atoms with Crippen LogP contribution in [0.15, 0.2) is 12.2 Å². The monoisotopic (exact) mass is 419 g/mol. The van der Waals surface area contributed by atoms with E-state index in [-0.39, 0.29) is 48.8 Å². The predicted octanol–water partition coefficient (Wildman–Crippen LogP) is -0.484. The van der Waals surface area contributed by atoms with Gasteiger partial charge in [-0.05, 0) is 51.6 Å². The van der Waals surface area contributed by atoms with Gasteiger partial charge in [-0.3, -0.25) is 24.1 Å². The highest BCUT2D eigenvalue weighted by molar-refractivity contribution is 5.88. The molecule has 4 amide bonds. The van der Waals surface area contributed by atoms with Gasteiger partial charge in [0.15, 0.2) is 0 Å². The Labute approximate surface area is 177 Å². The lowest BCUT2D eigenvalue weighted by Gasteiger charge is -2.42. The Hall–Kier alpha value is -2.42. The Balaban J connectivity index is 1.75. The highest BCUT2D eigenvalue weighted by Gasteiger charge is 2.41. The SMILES string of the molecule is CC(=O)N1CCC[C@H]2NC(=O)CNC(=O)C3(C/C=C/C[C@H]21)CCN(CC(N)=O)CC3. The van der Waals surface area contributed by atoms with Crippen LogP contribution >= 0.6 is 0 Å². The fourth-order valence-corrected chi connectivity index (χ4v) is 4.94. The highest BCUT2D eigenvalue weighted by Crippen LogP contribution is 2.36. The van der Waals surface area contributed by atoms with Crippen LogP contribution in [0.4, 0.5) is 0 Å². The van der Waals surface area contributed by atoms with Crippen LogP contribution < -0.4 is 16.4 Å². The maximum absolute atomic E-state index is 13.0. The minimum absolute atomic E-state index is 0.0195. The Morgan fingerprint density at radius 2 is 1.93 bits per heavy atom. The van der Waals surface area contributed by atoms with Gasteiger partial charge in [0.25, 0.3) is 0 Å². The fraction of sp³-hybridized carbons (Fsp3) is 0.714. The van der Waals surface area contributed by atoms with Gasteiger partial charge in [-0.1, -0.05) is 12.2 Å². The number of carbonyl (C=O) groups is 4. The number of primary amides is 1. The lowest BCUT2D eigenvalue weighted by molar-refractivity contribution is -0.136. The van der Waals surface area contributed by atoms with Crippen molar-refractivity contribution in [1.29, 1.82) is 0 Å². The molecule has 3 heterocycles. The molecule has 2 atom stereocenters. The van der Waals surface area contributed by atoms with Gasteiger partial charge in [-0.2, -0.15) is 0 Å². The molecule has 0 aromatic heterocycles. The molecule has 9 nitrogen and oxygen atoms in total. The molecule has 2 saturated heterocycles. The van der Waals surface area contributed by atoms with Gasteiger partial charge in [0, 0.05) is 19.5 Å². The van der Waals surface area contributed by atoms with E-state index in [0.717, 1.165) is 12.8 Å².